The zero-order valence-corrected chi connectivity index (χ0v) is 13.1. The quantitative estimate of drug-likeness (QED) is 0.654. The van der Waals surface area contributed by atoms with Crippen LogP contribution in [0.25, 0.3) is 0 Å². The molecule has 0 radical (unpaired) electrons. The number of aromatic nitrogens is 1. The van der Waals surface area contributed by atoms with E-state index in [1.165, 1.54) is 32.1 Å². The highest BCUT2D eigenvalue weighted by atomic mass is 32.2. The van der Waals surface area contributed by atoms with E-state index < -0.39 is 0 Å². The highest BCUT2D eigenvalue weighted by Crippen LogP contribution is 2.25. The molecule has 2 aromatic rings. The molecular formula is C16H16N2O3S. The van der Waals surface area contributed by atoms with Gasteiger partial charge in [-0.25, -0.2) is 0 Å². The van der Waals surface area contributed by atoms with E-state index in [-0.39, 0.29) is 5.91 Å². The van der Waals surface area contributed by atoms with Crippen LogP contribution < -0.4 is 14.8 Å². The van der Waals surface area contributed by atoms with Crippen molar-refractivity contribution < 1.29 is 14.3 Å². The van der Waals surface area contributed by atoms with Crippen molar-refractivity contribution in [3.63, 3.8) is 0 Å². The Kier molecular flexibility index (Phi) is 5.85. The first-order chi connectivity index (χ1) is 10.7. The standard InChI is InChI=1S/C16H16N2O3S/c1-20-15-9-8-13(16(18-15)21-2)17-14(19)10-11-22-12-6-4-3-5-7-12/h3-11H,1-2H3,(H,17,19). The lowest BCUT2D eigenvalue weighted by atomic mass is 10.4. The summed E-state index contributed by atoms with van der Waals surface area (Å²) >= 11 is 1.47. The van der Waals surface area contributed by atoms with Gasteiger partial charge in [0.2, 0.25) is 17.7 Å². The molecule has 114 valence electrons. The van der Waals surface area contributed by atoms with Gasteiger partial charge < -0.3 is 14.8 Å². The monoisotopic (exact) mass is 316 g/mol. The van der Waals surface area contributed by atoms with Gasteiger partial charge in [0.05, 0.1) is 14.2 Å². The van der Waals surface area contributed by atoms with Gasteiger partial charge in [-0.15, -0.1) is 0 Å². The van der Waals surface area contributed by atoms with E-state index in [2.05, 4.69) is 10.3 Å². The Morgan fingerprint density at radius 2 is 1.91 bits per heavy atom. The fourth-order valence-electron chi connectivity index (χ4n) is 1.64. The first-order valence-corrected chi connectivity index (χ1v) is 7.39. The molecule has 6 heteroatoms. The number of nitrogens with one attached hydrogen (secondary N) is 1. The van der Waals surface area contributed by atoms with E-state index in [4.69, 9.17) is 9.47 Å². The van der Waals surface area contributed by atoms with Gasteiger partial charge in [0.25, 0.3) is 0 Å². The third kappa shape index (κ3) is 4.53. The topological polar surface area (TPSA) is 60.5 Å². The molecule has 0 unspecified atom stereocenters. The van der Waals surface area contributed by atoms with E-state index in [0.29, 0.717) is 17.4 Å². The fraction of sp³-hybridized carbons (Fsp3) is 0.125. The molecular weight excluding hydrogens is 300 g/mol. The summed E-state index contributed by atoms with van der Waals surface area (Å²) in [5.41, 5.74) is 0.489. The third-order valence-corrected chi connectivity index (χ3v) is 3.48. The predicted molar refractivity (Wildman–Crippen MR) is 87.4 cm³/mol. The van der Waals surface area contributed by atoms with Gasteiger partial charge in [0, 0.05) is 17.0 Å². The number of thioether (sulfide) groups is 1. The molecule has 0 aliphatic heterocycles. The summed E-state index contributed by atoms with van der Waals surface area (Å²) in [6.45, 7) is 0. The Bertz CT molecular complexity index is 660. The van der Waals surface area contributed by atoms with Crippen molar-refractivity contribution in [1.29, 1.82) is 0 Å². The zero-order chi connectivity index (χ0) is 15.8. The molecule has 1 heterocycles. The van der Waals surface area contributed by atoms with Crippen molar-refractivity contribution in [2.24, 2.45) is 0 Å². The first kappa shape index (κ1) is 15.9. The molecule has 0 aliphatic rings. The maximum Gasteiger partial charge on any atom is 0.249 e. The Morgan fingerprint density at radius 3 is 2.59 bits per heavy atom. The van der Waals surface area contributed by atoms with Crippen LogP contribution in [0.4, 0.5) is 5.69 Å². The van der Waals surface area contributed by atoms with Gasteiger partial charge in [0.15, 0.2) is 0 Å². The van der Waals surface area contributed by atoms with E-state index in [1.807, 2.05) is 30.3 Å². The second-order valence-corrected chi connectivity index (χ2v) is 5.11. The van der Waals surface area contributed by atoms with E-state index in [0.717, 1.165) is 4.90 Å². The van der Waals surface area contributed by atoms with Gasteiger partial charge in [0.1, 0.15) is 5.69 Å². The van der Waals surface area contributed by atoms with Crippen molar-refractivity contribution in [1.82, 2.24) is 4.98 Å². The van der Waals surface area contributed by atoms with E-state index in [1.54, 1.807) is 17.5 Å². The smallest absolute Gasteiger partial charge is 0.249 e. The highest BCUT2D eigenvalue weighted by Gasteiger charge is 2.08. The fourth-order valence-corrected chi connectivity index (χ4v) is 2.30. The van der Waals surface area contributed by atoms with Crippen LogP contribution in [0, 0.1) is 0 Å². The van der Waals surface area contributed by atoms with Crippen LogP contribution in [0.3, 0.4) is 0 Å². The summed E-state index contributed by atoms with van der Waals surface area (Å²) in [4.78, 5) is 17.1. The Hall–Kier alpha value is -2.47. The van der Waals surface area contributed by atoms with Crippen molar-refractivity contribution in [2.45, 2.75) is 4.90 Å². The number of pyridine rings is 1. The van der Waals surface area contributed by atoms with Crippen molar-refractivity contribution in [2.75, 3.05) is 19.5 Å². The molecule has 1 N–H and O–H groups in total. The second kappa shape index (κ2) is 8.09. The Balaban J connectivity index is 1.97. The van der Waals surface area contributed by atoms with E-state index >= 15 is 0 Å². The lowest BCUT2D eigenvalue weighted by molar-refractivity contribution is -0.111. The maximum atomic E-state index is 11.9. The molecule has 0 saturated carbocycles. The number of carbonyl (C=O) groups is 1. The number of hydrogen-bond acceptors (Lipinski definition) is 5. The summed E-state index contributed by atoms with van der Waals surface area (Å²) in [6, 6.07) is 13.1. The highest BCUT2D eigenvalue weighted by molar-refractivity contribution is 8.02. The van der Waals surface area contributed by atoms with Crippen LogP contribution in [-0.2, 0) is 4.79 Å². The van der Waals surface area contributed by atoms with Crippen molar-refractivity contribution in [3.05, 3.63) is 53.9 Å². The minimum absolute atomic E-state index is 0.256. The van der Waals surface area contributed by atoms with Gasteiger partial charge in [-0.05, 0) is 23.6 Å². The zero-order valence-electron chi connectivity index (χ0n) is 12.3. The van der Waals surface area contributed by atoms with Crippen LogP contribution in [0.2, 0.25) is 0 Å². The largest absolute Gasteiger partial charge is 0.481 e. The molecule has 0 spiro atoms. The van der Waals surface area contributed by atoms with Gasteiger partial charge >= 0.3 is 0 Å². The molecule has 0 fully saturated rings. The molecule has 0 aliphatic carbocycles. The molecule has 2 rings (SSSR count). The number of methoxy groups -OCH3 is 2. The molecule has 1 amide bonds. The van der Waals surface area contributed by atoms with Crippen molar-refractivity contribution in [3.8, 4) is 11.8 Å². The number of anilines is 1. The van der Waals surface area contributed by atoms with Gasteiger partial charge in [-0.1, -0.05) is 30.0 Å². The van der Waals surface area contributed by atoms with Crippen molar-refractivity contribution >= 4 is 23.4 Å². The molecule has 1 aromatic carbocycles. The van der Waals surface area contributed by atoms with Crippen LogP contribution in [0.1, 0.15) is 0 Å². The lowest BCUT2D eigenvalue weighted by Crippen LogP contribution is -2.09. The molecule has 22 heavy (non-hydrogen) atoms. The Morgan fingerprint density at radius 1 is 1.14 bits per heavy atom. The Labute approximate surface area is 133 Å². The summed E-state index contributed by atoms with van der Waals surface area (Å²) in [7, 11) is 3.00. The number of nitrogens with zero attached hydrogens (tertiary/aromatic N) is 1. The van der Waals surface area contributed by atoms with Crippen LogP contribution in [0.5, 0.6) is 11.8 Å². The SMILES string of the molecule is COc1ccc(NC(=O)C=CSc2ccccc2)c(OC)n1. The minimum Gasteiger partial charge on any atom is -0.481 e. The summed E-state index contributed by atoms with van der Waals surface area (Å²) in [5.74, 6) is 0.468. The number of carbonyl (C=O) groups excluding carboxylic acids is 1. The van der Waals surface area contributed by atoms with Crippen LogP contribution >= 0.6 is 11.8 Å². The van der Waals surface area contributed by atoms with E-state index in [9.17, 15) is 4.79 Å². The minimum atomic E-state index is -0.256. The second-order valence-electron chi connectivity index (χ2n) is 4.13. The molecule has 0 bridgehead atoms. The normalized spacial score (nSPS) is 10.5. The maximum absolute atomic E-state index is 11.9. The summed E-state index contributed by atoms with van der Waals surface area (Å²) in [6.07, 6.45) is 1.46. The van der Waals surface area contributed by atoms with Gasteiger partial charge in [-0.2, -0.15) is 4.98 Å². The van der Waals surface area contributed by atoms with Crippen LogP contribution in [0.15, 0.2) is 58.8 Å². The average molecular weight is 316 g/mol. The number of rotatable bonds is 6. The first-order valence-electron chi connectivity index (χ1n) is 6.51. The number of ether oxygens (including phenoxy) is 2. The third-order valence-electron chi connectivity index (χ3n) is 2.66. The predicted octanol–water partition coefficient (Wildman–Crippen LogP) is 3.34. The number of hydrogen-bond donors (Lipinski definition) is 1. The molecule has 5 nitrogen and oxygen atoms in total. The number of benzene rings is 1. The van der Waals surface area contributed by atoms with Crippen LogP contribution in [-0.4, -0.2) is 25.1 Å². The van der Waals surface area contributed by atoms with Gasteiger partial charge in [-0.3, -0.25) is 4.79 Å². The molecule has 0 atom stereocenters. The summed E-state index contributed by atoms with van der Waals surface area (Å²) < 4.78 is 10.1. The molecule has 1 aromatic heterocycles. The summed E-state index contributed by atoms with van der Waals surface area (Å²) in [5, 5.41) is 4.45. The molecule has 0 saturated heterocycles. The number of amides is 1. The lowest BCUT2D eigenvalue weighted by Gasteiger charge is -2.08. The average Bonchev–Trinajstić information content (AvgIpc) is 2.56.